The first-order valence-electron chi connectivity index (χ1n) is 2.53. The molecule has 3 heteroatoms. The summed E-state index contributed by atoms with van der Waals surface area (Å²) in [6, 6.07) is 0. The SMILES string of the molecule is [CH2]CN1CC(F)(F)C1. The molecule has 0 saturated carbocycles. The number of nitrogens with zero attached hydrogens (tertiary/aromatic N) is 1. The standard InChI is InChI=1S/C5H8F2N/c1-2-8-3-5(6,7)4-8/h1-4H2. The Balaban J connectivity index is 2.21. The van der Waals surface area contributed by atoms with Gasteiger partial charge in [-0.3, -0.25) is 4.90 Å². The van der Waals surface area contributed by atoms with Gasteiger partial charge in [0.15, 0.2) is 0 Å². The van der Waals surface area contributed by atoms with Crippen LogP contribution in [0.3, 0.4) is 0 Å². The van der Waals surface area contributed by atoms with E-state index in [2.05, 4.69) is 6.92 Å². The summed E-state index contributed by atoms with van der Waals surface area (Å²) in [5, 5.41) is 0. The molecule has 0 amide bonds. The van der Waals surface area contributed by atoms with Crippen LogP contribution in [0.2, 0.25) is 0 Å². The highest BCUT2D eigenvalue weighted by Crippen LogP contribution is 2.25. The van der Waals surface area contributed by atoms with E-state index in [1.165, 1.54) is 0 Å². The van der Waals surface area contributed by atoms with Gasteiger partial charge in [0.25, 0.3) is 5.92 Å². The van der Waals surface area contributed by atoms with E-state index in [0.29, 0.717) is 6.54 Å². The molecule has 0 bridgehead atoms. The van der Waals surface area contributed by atoms with Gasteiger partial charge in [0.1, 0.15) is 0 Å². The summed E-state index contributed by atoms with van der Waals surface area (Å²) in [4.78, 5) is 1.60. The van der Waals surface area contributed by atoms with Gasteiger partial charge in [-0.15, -0.1) is 0 Å². The zero-order chi connectivity index (χ0) is 6.20. The van der Waals surface area contributed by atoms with Crippen molar-refractivity contribution in [3.8, 4) is 0 Å². The number of hydrogen-bond acceptors (Lipinski definition) is 1. The van der Waals surface area contributed by atoms with Crippen LogP contribution in [0, 0.1) is 6.92 Å². The van der Waals surface area contributed by atoms with Crippen LogP contribution >= 0.6 is 0 Å². The average Bonchev–Trinajstić information content (AvgIpc) is 1.60. The molecule has 1 aliphatic heterocycles. The Kier molecular flexibility index (Phi) is 1.23. The van der Waals surface area contributed by atoms with Crippen LogP contribution < -0.4 is 0 Å². The van der Waals surface area contributed by atoms with Crippen molar-refractivity contribution in [2.24, 2.45) is 0 Å². The molecular formula is C5H8F2N. The van der Waals surface area contributed by atoms with Crippen molar-refractivity contribution in [1.29, 1.82) is 0 Å². The van der Waals surface area contributed by atoms with Gasteiger partial charge in [0.2, 0.25) is 0 Å². The Bertz CT molecular complexity index is 84.4. The lowest BCUT2D eigenvalue weighted by Crippen LogP contribution is -2.55. The minimum Gasteiger partial charge on any atom is -0.291 e. The second kappa shape index (κ2) is 1.65. The predicted octanol–water partition coefficient (Wildman–Crippen LogP) is 0.771. The molecule has 1 rings (SSSR count). The van der Waals surface area contributed by atoms with Crippen molar-refractivity contribution in [1.82, 2.24) is 4.90 Å². The van der Waals surface area contributed by atoms with E-state index in [9.17, 15) is 8.78 Å². The molecule has 0 unspecified atom stereocenters. The fourth-order valence-electron chi connectivity index (χ4n) is 0.766. The molecule has 0 aromatic heterocycles. The molecule has 0 aromatic carbocycles. The fraction of sp³-hybridized carbons (Fsp3) is 0.800. The van der Waals surface area contributed by atoms with E-state index >= 15 is 0 Å². The van der Waals surface area contributed by atoms with Crippen LogP contribution in [0.4, 0.5) is 8.78 Å². The van der Waals surface area contributed by atoms with Crippen LogP contribution in [0.1, 0.15) is 0 Å². The third kappa shape index (κ3) is 0.968. The highest BCUT2D eigenvalue weighted by Gasteiger charge is 2.42. The van der Waals surface area contributed by atoms with Crippen LogP contribution in [0.25, 0.3) is 0 Å². The summed E-state index contributed by atoms with van der Waals surface area (Å²) in [5.41, 5.74) is 0. The molecule has 0 spiro atoms. The lowest BCUT2D eigenvalue weighted by Gasteiger charge is -2.37. The molecule has 1 nitrogen and oxygen atoms in total. The van der Waals surface area contributed by atoms with Crippen molar-refractivity contribution in [2.45, 2.75) is 5.92 Å². The van der Waals surface area contributed by atoms with Crippen LogP contribution in [-0.2, 0) is 0 Å². The van der Waals surface area contributed by atoms with Gasteiger partial charge in [-0.05, 0) is 13.5 Å². The first kappa shape index (κ1) is 5.95. The normalized spacial score (nSPS) is 27.4. The second-order valence-electron chi connectivity index (χ2n) is 2.07. The number of halogens is 2. The number of rotatable bonds is 1. The highest BCUT2D eigenvalue weighted by molar-refractivity contribution is 4.86. The Morgan fingerprint density at radius 3 is 2.12 bits per heavy atom. The Labute approximate surface area is 47.3 Å². The van der Waals surface area contributed by atoms with Crippen molar-refractivity contribution in [3.63, 3.8) is 0 Å². The van der Waals surface area contributed by atoms with Crippen LogP contribution in [-0.4, -0.2) is 30.5 Å². The summed E-state index contributed by atoms with van der Waals surface area (Å²) >= 11 is 0. The maximum atomic E-state index is 11.9. The first-order valence-corrected chi connectivity index (χ1v) is 2.53. The summed E-state index contributed by atoms with van der Waals surface area (Å²) < 4.78 is 23.8. The third-order valence-electron chi connectivity index (χ3n) is 1.23. The molecule has 1 aliphatic rings. The molecule has 8 heavy (non-hydrogen) atoms. The smallest absolute Gasteiger partial charge is 0.272 e. The van der Waals surface area contributed by atoms with E-state index < -0.39 is 5.92 Å². The van der Waals surface area contributed by atoms with Crippen LogP contribution in [0.15, 0.2) is 0 Å². The molecule has 47 valence electrons. The summed E-state index contributed by atoms with van der Waals surface area (Å²) in [6.45, 7) is 3.76. The predicted molar refractivity (Wildman–Crippen MR) is 26.7 cm³/mol. The molecule has 0 aromatic rings. The van der Waals surface area contributed by atoms with E-state index in [0.717, 1.165) is 0 Å². The van der Waals surface area contributed by atoms with Crippen molar-refractivity contribution >= 4 is 0 Å². The average molecular weight is 120 g/mol. The number of likely N-dealkylation sites (tertiary alicyclic amines) is 1. The van der Waals surface area contributed by atoms with Crippen molar-refractivity contribution < 1.29 is 8.78 Å². The minimum atomic E-state index is -2.42. The largest absolute Gasteiger partial charge is 0.291 e. The van der Waals surface area contributed by atoms with Gasteiger partial charge in [-0.25, -0.2) is 8.78 Å². The van der Waals surface area contributed by atoms with Gasteiger partial charge < -0.3 is 0 Å². The lowest BCUT2D eigenvalue weighted by atomic mass is 10.1. The zero-order valence-corrected chi connectivity index (χ0v) is 4.53. The molecule has 1 radical (unpaired) electrons. The van der Waals surface area contributed by atoms with Crippen LogP contribution in [0.5, 0.6) is 0 Å². The second-order valence-corrected chi connectivity index (χ2v) is 2.07. The van der Waals surface area contributed by atoms with Gasteiger partial charge in [-0.2, -0.15) is 0 Å². The van der Waals surface area contributed by atoms with Gasteiger partial charge in [0, 0.05) is 0 Å². The molecule has 0 N–H and O–H groups in total. The maximum absolute atomic E-state index is 11.9. The molecule has 1 saturated heterocycles. The summed E-state index contributed by atoms with van der Waals surface area (Å²) in [6.07, 6.45) is 0. The minimum absolute atomic E-state index is 0.101. The first-order chi connectivity index (χ1) is 3.64. The van der Waals surface area contributed by atoms with Gasteiger partial charge >= 0.3 is 0 Å². The third-order valence-corrected chi connectivity index (χ3v) is 1.23. The van der Waals surface area contributed by atoms with E-state index in [-0.39, 0.29) is 13.1 Å². The zero-order valence-electron chi connectivity index (χ0n) is 4.53. The van der Waals surface area contributed by atoms with E-state index in [1.54, 1.807) is 4.90 Å². The molecule has 1 heterocycles. The molecule has 0 atom stereocenters. The Morgan fingerprint density at radius 1 is 1.50 bits per heavy atom. The number of alkyl halides is 2. The lowest BCUT2D eigenvalue weighted by molar-refractivity contribution is -0.126. The maximum Gasteiger partial charge on any atom is 0.272 e. The molecule has 0 aliphatic carbocycles. The van der Waals surface area contributed by atoms with Crippen molar-refractivity contribution in [3.05, 3.63) is 6.92 Å². The van der Waals surface area contributed by atoms with Gasteiger partial charge in [0.05, 0.1) is 13.1 Å². The van der Waals surface area contributed by atoms with E-state index in [1.807, 2.05) is 0 Å². The fourth-order valence-corrected chi connectivity index (χ4v) is 0.766. The number of hydrogen-bond donors (Lipinski definition) is 0. The van der Waals surface area contributed by atoms with Crippen molar-refractivity contribution in [2.75, 3.05) is 19.6 Å². The summed E-state index contributed by atoms with van der Waals surface area (Å²) in [5.74, 6) is -2.42. The topological polar surface area (TPSA) is 3.24 Å². The highest BCUT2D eigenvalue weighted by atomic mass is 19.3. The molecule has 1 fully saturated rings. The Morgan fingerprint density at radius 2 is 2.00 bits per heavy atom. The van der Waals surface area contributed by atoms with E-state index in [4.69, 9.17) is 0 Å². The molecular weight excluding hydrogens is 112 g/mol. The summed E-state index contributed by atoms with van der Waals surface area (Å²) in [7, 11) is 0. The van der Waals surface area contributed by atoms with Gasteiger partial charge in [-0.1, -0.05) is 0 Å². The Hall–Kier alpha value is -0.180. The monoisotopic (exact) mass is 120 g/mol. The quantitative estimate of drug-likeness (QED) is 0.494.